The number of benzene rings is 1. The monoisotopic (exact) mass is 618 g/mol. The number of Topliss-reactive ketones (excluding diaryl/α,β-unsaturated/α-hetero) is 1. The highest BCUT2D eigenvalue weighted by Gasteiger charge is 2.28. The van der Waals surface area contributed by atoms with E-state index >= 15 is 0 Å². The van der Waals surface area contributed by atoms with Crippen LogP contribution in [0.2, 0.25) is 5.02 Å². The number of nitrogens with one attached hydrogen (secondary N) is 2. The summed E-state index contributed by atoms with van der Waals surface area (Å²) in [5.74, 6) is 1.94. The number of thioether (sulfide) groups is 1. The topological polar surface area (TPSA) is 91.4 Å². The second-order valence-electron chi connectivity index (χ2n) is 11.4. The Kier molecular flexibility index (Phi) is 12.5. The Morgan fingerprint density at radius 2 is 1.93 bits per heavy atom. The first-order chi connectivity index (χ1) is 19.8. The minimum absolute atomic E-state index is 0.0824. The first-order valence-corrected chi connectivity index (χ1v) is 17.2. The molecule has 224 valence electrons. The average molecular weight is 619 g/mol. The minimum Gasteiger partial charge on any atom is -0.359 e. The first kappa shape index (κ1) is 32.0. The summed E-state index contributed by atoms with van der Waals surface area (Å²) in [5.41, 5.74) is 1.50. The fourth-order valence-electron chi connectivity index (χ4n) is 5.82. The molecule has 2 amide bonds. The van der Waals surface area contributed by atoms with Gasteiger partial charge >= 0.3 is 0 Å². The number of rotatable bonds is 14. The summed E-state index contributed by atoms with van der Waals surface area (Å²) in [7, 11) is 1.59. The molecule has 0 spiro atoms. The first-order valence-electron chi connectivity index (χ1n) is 14.9. The Labute approximate surface area is 257 Å². The van der Waals surface area contributed by atoms with E-state index in [4.69, 9.17) is 16.6 Å². The van der Waals surface area contributed by atoms with Crippen LogP contribution >= 0.6 is 34.7 Å². The third-order valence-corrected chi connectivity index (χ3v) is 10.4. The molecule has 1 aliphatic carbocycles. The number of fused-ring (bicyclic) bond motifs is 1. The quantitative estimate of drug-likeness (QED) is 0.266. The lowest BCUT2D eigenvalue weighted by molar-refractivity contribution is -0.130. The number of hydrogen-bond acceptors (Lipinski definition) is 7. The van der Waals surface area contributed by atoms with E-state index in [2.05, 4.69) is 22.1 Å². The molecule has 2 aromatic rings. The van der Waals surface area contributed by atoms with Gasteiger partial charge in [-0.15, -0.1) is 11.3 Å². The highest BCUT2D eigenvalue weighted by molar-refractivity contribution is 7.99. The van der Waals surface area contributed by atoms with Crippen molar-refractivity contribution in [2.45, 2.75) is 70.3 Å². The molecule has 1 saturated carbocycles. The standard InChI is InChI=1S/C31H43ClN4O3S2/c1-21(20-36-12-14-40-15-13-36)27(37)11-9-25(16-22-6-4-3-5-7-22)34-31(39)23(17-29(38)33-2)18-30-35-26-10-8-24(32)19-28(26)41-30/h8,10,19,22-23,25H,1,3-7,9,11-18,20H2,2H3,(H,33,38)(H,34,39)/t23-,25+/m0/s1. The molecule has 10 heteroatoms. The van der Waals surface area contributed by atoms with Crippen LogP contribution in [0.15, 0.2) is 30.4 Å². The maximum Gasteiger partial charge on any atom is 0.224 e. The van der Waals surface area contributed by atoms with Crippen LogP contribution in [0.3, 0.4) is 0 Å². The van der Waals surface area contributed by atoms with Crippen LogP contribution in [-0.4, -0.2) is 71.7 Å². The SMILES string of the molecule is C=C(CN1CCSCC1)C(=O)CC[C@H](CC1CCCCC1)NC(=O)[C@@H](CC(=O)NC)Cc1nc2ccc(Cl)cc2s1. The van der Waals surface area contributed by atoms with Crippen LogP contribution < -0.4 is 10.6 Å². The van der Waals surface area contributed by atoms with E-state index in [0.717, 1.165) is 59.1 Å². The van der Waals surface area contributed by atoms with Gasteiger partial charge in [0.2, 0.25) is 11.8 Å². The van der Waals surface area contributed by atoms with Crippen molar-refractivity contribution in [3.8, 4) is 0 Å². The van der Waals surface area contributed by atoms with E-state index in [1.54, 1.807) is 13.1 Å². The van der Waals surface area contributed by atoms with Gasteiger partial charge in [0.05, 0.1) is 21.1 Å². The van der Waals surface area contributed by atoms with Gasteiger partial charge in [-0.1, -0.05) is 50.3 Å². The van der Waals surface area contributed by atoms with Gasteiger partial charge in [-0.05, 0) is 37.0 Å². The highest BCUT2D eigenvalue weighted by atomic mass is 35.5. The number of amides is 2. The summed E-state index contributed by atoms with van der Waals surface area (Å²) in [5, 5.41) is 7.38. The second-order valence-corrected chi connectivity index (χ2v) is 14.2. The van der Waals surface area contributed by atoms with Gasteiger partial charge < -0.3 is 10.6 Å². The molecule has 2 heterocycles. The molecule has 0 bridgehead atoms. The van der Waals surface area contributed by atoms with Gasteiger partial charge in [0.25, 0.3) is 0 Å². The molecule has 0 radical (unpaired) electrons. The predicted octanol–water partition coefficient (Wildman–Crippen LogP) is 5.65. The molecule has 41 heavy (non-hydrogen) atoms. The zero-order chi connectivity index (χ0) is 29.2. The Morgan fingerprint density at radius 1 is 1.17 bits per heavy atom. The Hall–Kier alpha value is -1.94. The lowest BCUT2D eigenvalue weighted by Crippen LogP contribution is -2.42. The number of carbonyl (C=O) groups is 3. The fourth-order valence-corrected chi connectivity index (χ4v) is 8.12. The number of carbonyl (C=O) groups excluding carboxylic acids is 3. The molecule has 4 rings (SSSR count). The van der Waals surface area contributed by atoms with Gasteiger partial charge in [0.1, 0.15) is 0 Å². The summed E-state index contributed by atoms with van der Waals surface area (Å²) in [4.78, 5) is 46.2. The Balaban J connectivity index is 1.42. The lowest BCUT2D eigenvalue weighted by Gasteiger charge is -2.29. The van der Waals surface area contributed by atoms with E-state index < -0.39 is 5.92 Å². The van der Waals surface area contributed by atoms with Crippen molar-refractivity contribution in [1.82, 2.24) is 20.5 Å². The summed E-state index contributed by atoms with van der Waals surface area (Å²) in [6.45, 7) is 6.71. The highest BCUT2D eigenvalue weighted by Crippen LogP contribution is 2.30. The molecule has 2 fully saturated rings. The van der Waals surface area contributed by atoms with Crippen LogP contribution in [0.25, 0.3) is 10.2 Å². The normalized spacial score (nSPS) is 18.1. The number of hydrogen-bond donors (Lipinski definition) is 2. The number of aromatic nitrogens is 1. The molecular weight excluding hydrogens is 576 g/mol. The van der Waals surface area contributed by atoms with Crippen molar-refractivity contribution in [2.75, 3.05) is 38.2 Å². The van der Waals surface area contributed by atoms with E-state index in [-0.39, 0.29) is 30.1 Å². The average Bonchev–Trinajstić information content (AvgIpc) is 3.37. The fraction of sp³-hybridized carbons (Fsp3) is 0.613. The second kappa shape index (κ2) is 16.1. The van der Waals surface area contributed by atoms with Gasteiger partial charge in [-0.3, -0.25) is 19.3 Å². The molecular formula is C31H43ClN4O3S2. The van der Waals surface area contributed by atoms with Gasteiger partial charge in [-0.2, -0.15) is 11.8 Å². The van der Waals surface area contributed by atoms with Crippen molar-refractivity contribution in [3.05, 3.63) is 40.4 Å². The zero-order valence-corrected chi connectivity index (χ0v) is 26.5. The zero-order valence-electron chi connectivity index (χ0n) is 24.1. The molecule has 2 atom stereocenters. The molecule has 2 N–H and O–H groups in total. The summed E-state index contributed by atoms with van der Waals surface area (Å²) in [6.07, 6.45) is 8.30. The molecule has 1 aliphatic heterocycles. The third kappa shape index (κ3) is 10.1. The molecule has 1 aromatic carbocycles. The number of ketones is 1. The third-order valence-electron chi connectivity index (χ3n) is 8.22. The molecule has 1 saturated heterocycles. The van der Waals surface area contributed by atoms with Crippen LogP contribution in [0.1, 0.15) is 62.8 Å². The van der Waals surface area contributed by atoms with Crippen LogP contribution in [0.5, 0.6) is 0 Å². The van der Waals surface area contributed by atoms with E-state index in [9.17, 15) is 14.4 Å². The van der Waals surface area contributed by atoms with E-state index in [1.165, 1.54) is 30.6 Å². The Bertz CT molecular complexity index is 1210. The molecule has 0 unspecified atom stereocenters. The van der Waals surface area contributed by atoms with Gasteiger partial charge in [-0.25, -0.2) is 4.98 Å². The summed E-state index contributed by atoms with van der Waals surface area (Å²) >= 11 is 9.61. The van der Waals surface area contributed by atoms with E-state index in [0.29, 0.717) is 42.3 Å². The summed E-state index contributed by atoms with van der Waals surface area (Å²) in [6, 6.07) is 5.44. The van der Waals surface area contributed by atoms with Gasteiger partial charge in [0, 0.05) is 74.1 Å². The molecule has 7 nitrogen and oxygen atoms in total. The minimum atomic E-state index is -0.553. The van der Waals surface area contributed by atoms with Crippen molar-refractivity contribution < 1.29 is 14.4 Å². The molecule has 2 aliphatic rings. The van der Waals surface area contributed by atoms with Crippen molar-refractivity contribution in [1.29, 1.82) is 0 Å². The smallest absolute Gasteiger partial charge is 0.224 e. The number of thiazole rings is 1. The maximum absolute atomic E-state index is 13.7. The number of nitrogens with zero attached hydrogens (tertiary/aromatic N) is 2. The number of halogens is 1. The predicted molar refractivity (Wildman–Crippen MR) is 171 cm³/mol. The van der Waals surface area contributed by atoms with Crippen LogP contribution in [-0.2, 0) is 20.8 Å². The Morgan fingerprint density at radius 3 is 2.66 bits per heavy atom. The van der Waals surface area contributed by atoms with Crippen molar-refractivity contribution in [3.63, 3.8) is 0 Å². The van der Waals surface area contributed by atoms with E-state index in [1.807, 2.05) is 23.9 Å². The maximum atomic E-state index is 13.7. The van der Waals surface area contributed by atoms with Gasteiger partial charge in [0.15, 0.2) is 5.78 Å². The largest absolute Gasteiger partial charge is 0.359 e. The van der Waals surface area contributed by atoms with Crippen molar-refractivity contribution >= 4 is 62.5 Å². The molecule has 1 aromatic heterocycles. The van der Waals surface area contributed by atoms with Crippen molar-refractivity contribution in [2.24, 2.45) is 11.8 Å². The lowest BCUT2D eigenvalue weighted by atomic mass is 9.83. The van der Waals surface area contributed by atoms with Crippen LogP contribution in [0.4, 0.5) is 0 Å². The summed E-state index contributed by atoms with van der Waals surface area (Å²) < 4.78 is 0.962. The van der Waals surface area contributed by atoms with Crippen LogP contribution in [0, 0.1) is 11.8 Å².